The van der Waals surface area contributed by atoms with E-state index in [4.69, 9.17) is 0 Å². The molecule has 0 saturated heterocycles. The molecule has 2 aromatic rings. The van der Waals surface area contributed by atoms with E-state index in [-0.39, 0.29) is 18.9 Å². The number of nitrogens with one attached hydrogen (secondary N) is 1. The van der Waals surface area contributed by atoms with Crippen LogP contribution in [0.25, 0.3) is 0 Å². The molecule has 0 aliphatic heterocycles. The van der Waals surface area contributed by atoms with Crippen LogP contribution in [0, 0.1) is 34.6 Å². The molecule has 0 unspecified atom stereocenters. The van der Waals surface area contributed by atoms with Crippen LogP contribution in [0.4, 0.5) is 11.4 Å². The van der Waals surface area contributed by atoms with Gasteiger partial charge in [0.05, 0.1) is 11.9 Å². The minimum absolute atomic E-state index is 0.0766. The Morgan fingerprint density at radius 2 is 1.52 bits per heavy atom. The zero-order valence-corrected chi connectivity index (χ0v) is 17.7. The number of carbonyl (C=O) groups excluding carboxylic acids is 1. The lowest BCUT2D eigenvalue weighted by atomic mass is 10.0. The molecule has 0 aliphatic rings. The Morgan fingerprint density at radius 1 is 0.926 bits per heavy atom. The second-order valence-corrected chi connectivity index (χ2v) is 9.11. The first kappa shape index (κ1) is 21.0. The first-order valence-corrected chi connectivity index (χ1v) is 10.8. The zero-order chi connectivity index (χ0) is 20.4. The second-order valence-electron chi connectivity index (χ2n) is 7.20. The van der Waals surface area contributed by atoms with Crippen LogP contribution in [0.15, 0.2) is 30.3 Å². The largest absolute Gasteiger partial charge is 0.326 e. The topological polar surface area (TPSA) is 66.5 Å². The number of sulfonamides is 1. The number of hydrogen-bond acceptors (Lipinski definition) is 3. The summed E-state index contributed by atoms with van der Waals surface area (Å²) >= 11 is 0. The molecule has 27 heavy (non-hydrogen) atoms. The number of amides is 1. The first-order valence-electron chi connectivity index (χ1n) is 8.91. The fraction of sp³-hybridized carbons (Fsp3) is 0.381. The Balaban J connectivity index is 2.21. The number of benzene rings is 2. The molecule has 0 heterocycles. The Kier molecular flexibility index (Phi) is 6.31. The van der Waals surface area contributed by atoms with E-state index in [0.29, 0.717) is 5.69 Å². The zero-order valence-electron chi connectivity index (χ0n) is 16.9. The second kappa shape index (κ2) is 8.13. The third-order valence-corrected chi connectivity index (χ3v) is 5.66. The molecule has 6 heteroatoms. The van der Waals surface area contributed by atoms with E-state index in [0.717, 1.165) is 33.5 Å². The van der Waals surface area contributed by atoms with Gasteiger partial charge in [0.2, 0.25) is 15.9 Å². The van der Waals surface area contributed by atoms with Crippen molar-refractivity contribution in [1.82, 2.24) is 0 Å². The van der Waals surface area contributed by atoms with Crippen molar-refractivity contribution < 1.29 is 13.2 Å². The highest BCUT2D eigenvalue weighted by Crippen LogP contribution is 2.28. The summed E-state index contributed by atoms with van der Waals surface area (Å²) in [6, 6.07) is 9.76. The van der Waals surface area contributed by atoms with E-state index < -0.39 is 10.0 Å². The van der Waals surface area contributed by atoms with Crippen molar-refractivity contribution in [2.75, 3.05) is 22.4 Å². The highest BCUT2D eigenvalue weighted by atomic mass is 32.2. The van der Waals surface area contributed by atoms with Gasteiger partial charge in [-0.3, -0.25) is 9.10 Å². The van der Waals surface area contributed by atoms with Crippen LogP contribution in [-0.2, 0) is 14.8 Å². The average molecular weight is 389 g/mol. The smallest absolute Gasteiger partial charge is 0.232 e. The predicted octanol–water partition coefficient (Wildman–Crippen LogP) is 4.02. The van der Waals surface area contributed by atoms with Gasteiger partial charge in [-0.2, -0.15) is 0 Å². The lowest BCUT2D eigenvalue weighted by Crippen LogP contribution is -2.34. The molecule has 0 aromatic heterocycles. The first-order chi connectivity index (χ1) is 12.5. The molecular formula is C21H28N2O3S. The molecule has 0 radical (unpaired) electrons. The summed E-state index contributed by atoms with van der Waals surface area (Å²) in [4.78, 5) is 12.4. The number of rotatable bonds is 6. The summed E-state index contributed by atoms with van der Waals surface area (Å²) in [6.07, 6.45) is 1.25. The molecule has 0 spiro atoms. The third-order valence-electron chi connectivity index (χ3n) is 4.49. The molecule has 0 aliphatic carbocycles. The molecule has 0 fully saturated rings. The highest BCUT2D eigenvalue weighted by Gasteiger charge is 2.22. The van der Waals surface area contributed by atoms with Crippen LogP contribution in [0.3, 0.4) is 0 Å². The van der Waals surface area contributed by atoms with Crippen molar-refractivity contribution in [2.24, 2.45) is 0 Å². The van der Waals surface area contributed by atoms with Crippen LogP contribution < -0.4 is 9.62 Å². The van der Waals surface area contributed by atoms with Gasteiger partial charge >= 0.3 is 0 Å². The van der Waals surface area contributed by atoms with Crippen molar-refractivity contribution in [2.45, 2.75) is 41.0 Å². The van der Waals surface area contributed by atoms with Gasteiger partial charge < -0.3 is 5.32 Å². The minimum Gasteiger partial charge on any atom is -0.326 e. The van der Waals surface area contributed by atoms with Crippen LogP contribution in [-0.4, -0.2) is 27.1 Å². The number of nitrogens with zero attached hydrogens (tertiary/aromatic N) is 1. The summed E-state index contributed by atoms with van der Waals surface area (Å²) in [7, 11) is -3.51. The number of hydrogen-bond donors (Lipinski definition) is 1. The summed E-state index contributed by atoms with van der Waals surface area (Å²) in [5.41, 5.74) is 6.28. The molecule has 1 N–H and O–H groups in total. The van der Waals surface area contributed by atoms with Crippen LogP contribution in [0.2, 0.25) is 0 Å². The normalized spacial score (nSPS) is 11.3. The summed E-state index contributed by atoms with van der Waals surface area (Å²) in [5, 5.41) is 2.89. The lowest BCUT2D eigenvalue weighted by molar-refractivity contribution is -0.116. The highest BCUT2D eigenvalue weighted by molar-refractivity contribution is 7.92. The van der Waals surface area contributed by atoms with E-state index in [2.05, 4.69) is 5.32 Å². The lowest BCUT2D eigenvalue weighted by Gasteiger charge is -2.26. The molecule has 146 valence electrons. The van der Waals surface area contributed by atoms with Crippen molar-refractivity contribution in [3.05, 3.63) is 58.1 Å². The van der Waals surface area contributed by atoms with Crippen molar-refractivity contribution in [3.63, 3.8) is 0 Å². The summed E-state index contributed by atoms with van der Waals surface area (Å²) in [6.45, 7) is 9.75. The molecule has 0 bridgehead atoms. The van der Waals surface area contributed by atoms with Gasteiger partial charge in [0.15, 0.2) is 0 Å². The van der Waals surface area contributed by atoms with Crippen molar-refractivity contribution in [1.29, 1.82) is 0 Å². The fourth-order valence-corrected chi connectivity index (χ4v) is 4.34. The standard InChI is InChI=1S/C21H28N2O3S/c1-14-7-8-16(3)19(13-14)22-20(24)9-10-23(27(6,25)26)21-17(4)11-15(2)12-18(21)5/h7-8,11-13H,9-10H2,1-6H3,(H,22,24). The monoisotopic (exact) mass is 388 g/mol. The van der Waals surface area contributed by atoms with Crippen LogP contribution >= 0.6 is 0 Å². The number of anilines is 2. The van der Waals surface area contributed by atoms with Gasteiger partial charge in [0.25, 0.3) is 0 Å². The third kappa shape index (κ3) is 5.32. The van der Waals surface area contributed by atoms with Crippen LogP contribution in [0.5, 0.6) is 0 Å². The summed E-state index contributed by atoms with van der Waals surface area (Å²) < 4.78 is 26.1. The van der Waals surface area contributed by atoms with Gasteiger partial charge in [0.1, 0.15) is 0 Å². The van der Waals surface area contributed by atoms with Gasteiger partial charge in [-0.25, -0.2) is 8.42 Å². The summed E-state index contributed by atoms with van der Waals surface area (Å²) in [5.74, 6) is -0.209. The van der Waals surface area contributed by atoms with Crippen molar-refractivity contribution >= 4 is 27.3 Å². The maximum atomic E-state index is 12.4. The van der Waals surface area contributed by atoms with Crippen molar-refractivity contribution in [3.8, 4) is 0 Å². The molecule has 5 nitrogen and oxygen atoms in total. The molecule has 0 atom stereocenters. The Bertz CT molecular complexity index is 942. The Hall–Kier alpha value is -2.34. The van der Waals surface area contributed by atoms with Gasteiger partial charge in [-0.1, -0.05) is 29.8 Å². The SMILES string of the molecule is Cc1cc(C)c(N(CCC(=O)Nc2cc(C)ccc2C)S(C)(=O)=O)c(C)c1. The van der Waals surface area contributed by atoms with E-state index in [1.54, 1.807) is 0 Å². The molecule has 0 saturated carbocycles. The molecule has 2 rings (SSSR count). The van der Waals surface area contributed by atoms with E-state index in [9.17, 15) is 13.2 Å². The number of carbonyl (C=O) groups is 1. The van der Waals surface area contributed by atoms with E-state index in [1.807, 2.05) is 65.0 Å². The maximum Gasteiger partial charge on any atom is 0.232 e. The quantitative estimate of drug-likeness (QED) is 0.813. The molecular weight excluding hydrogens is 360 g/mol. The fourth-order valence-electron chi connectivity index (χ4n) is 3.30. The minimum atomic E-state index is -3.51. The maximum absolute atomic E-state index is 12.4. The Labute approximate surface area is 162 Å². The van der Waals surface area contributed by atoms with Gasteiger partial charge in [-0.05, 0) is 62.9 Å². The van der Waals surface area contributed by atoms with Gasteiger partial charge in [-0.15, -0.1) is 0 Å². The van der Waals surface area contributed by atoms with Crippen LogP contribution in [0.1, 0.15) is 34.2 Å². The average Bonchev–Trinajstić information content (AvgIpc) is 2.52. The Morgan fingerprint density at radius 3 is 2.07 bits per heavy atom. The molecule has 1 amide bonds. The van der Waals surface area contributed by atoms with E-state index in [1.165, 1.54) is 10.6 Å². The number of aryl methyl sites for hydroxylation is 5. The molecule has 2 aromatic carbocycles. The van der Waals surface area contributed by atoms with Gasteiger partial charge in [0, 0.05) is 18.7 Å². The van der Waals surface area contributed by atoms with E-state index >= 15 is 0 Å². The predicted molar refractivity (Wildman–Crippen MR) is 112 cm³/mol.